The molecule has 0 atom stereocenters. The number of aromatic nitrogens is 2. The number of hydrogen-bond acceptors (Lipinski definition) is 4. The van der Waals surface area contributed by atoms with Crippen molar-refractivity contribution in [2.75, 3.05) is 7.05 Å². The maximum Gasteiger partial charge on any atom is 0.243 e. The van der Waals surface area contributed by atoms with Crippen LogP contribution in [-0.4, -0.2) is 16.4 Å². The van der Waals surface area contributed by atoms with Gasteiger partial charge in [-0.05, 0) is 31.7 Å². The van der Waals surface area contributed by atoms with Gasteiger partial charge in [-0.25, -0.2) is 0 Å². The van der Waals surface area contributed by atoms with Crippen molar-refractivity contribution >= 4 is 32.2 Å². The third kappa shape index (κ3) is 2.46. The Morgan fingerprint density at radius 3 is 3.10 bits per heavy atom. The summed E-state index contributed by atoms with van der Waals surface area (Å²) in [6.07, 6.45) is 2.01. The van der Waals surface area contributed by atoms with Crippen molar-refractivity contribution < 1.29 is 4.74 Å². The highest BCUT2D eigenvalue weighted by Crippen LogP contribution is 2.31. The van der Waals surface area contributed by atoms with Crippen LogP contribution in [0.2, 0.25) is 0 Å². The van der Waals surface area contributed by atoms with E-state index in [0.717, 1.165) is 26.4 Å². The van der Waals surface area contributed by atoms with Crippen LogP contribution in [0.1, 0.15) is 11.3 Å². The lowest BCUT2D eigenvalue weighted by atomic mass is 10.2. The molecule has 0 spiro atoms. The Bertz CT molecular complexity index is 750. The number of nitrogens with one attached hydrogen (secondary N) is 1. The number of nitrogens with zero attached hydrogens (tertiary/aromatic N) is 2. The number of aryl methyl sites for hydroxylation is 1. The highest BCUT2D eigenvalue weighted by Gasteiger charge is 2.15. The summed E-state index contributed by atoms with van der Waals surface area (Å²) in [4.78, 5) is 5.50. The number of thiazole rings is 1. The van der Waals surface area contributed by atoms with Crippen LogP contribution in [0.4, 0.5) is 0 Å². The summed E-state index contributed by atoms with van der Waals surface area (Å²) in [7, 11) is 1.92. The predicted octanol–water partition coefficient (Wildman–Crippen LogP) is 3.98. The van der Waals surface area contributed by atoms with E-state index in [9.17, 15) is 0 Å². The zero-order valence-corrected chi connectivity index (χ0v) is 13.6. The molecule has 2 heterocycles. The number of rotatable bonds is 4. The first-order valence-electron chi connectivity index (χ1n) is 6.22. The van der Waals surface area contributed by atoms with E-state index in [1.165, 1.54) is 0 Å². The topological polar surface area (TPSA) is 38.6 Å². The average Bonchev–Trinajstić information content (AvgIpc) is 2.98. The number of ether oxygens (including phenoxy) is 1. The summed E-state index contributed by atoms with van der Waals surface area (Å²) in [5.41, 5.74) is 2.11. The molecule has 4 nitrogen and oxygen atoms in total. The van der Waals surface area contributed by atoms with Gasteiger partial charge in [-0.1, -0.05) is 22.0 Å². The molecular formula is C14H14BrN3OS. The molecule has 0 unspecified atom stereocenters. The maximum absolute atomic E-state index is 6.02. The summed E-state index contributed by atoms with van der Waals surface area (Å²) >= 11 is 5.07. The SMILES string of the molecule is CNCc1c(Oc2cc(Br)ccc2C)nc2sccn12. The fourth-order valence-electron chi connectivity index (χ4n) is 2.01. The molecule has 0 amide bonds. The molecule has 2 aromatic heterocycles. The van der Waals surface area contributed by atoms with Crippen molar-refractivity contribution in [1.82, 2.24) is 14.7 Å². The zero-order chi connectivity index (χ0) is 14.1. The summed E-state index contributed by atoms with van der Waals surface area (Å²) < 4.78 is 9.08. The van der Waals surface area contributed by atoms with Gasteiger partial charge in [0.05, 0.1) is 0 Å². The Kier molecular flexibility index (Phi) is 3.78. The molecule has 0 aliphatic heterocycles. The van der Waals surface area contributed by atoms with Gasteiger partial charge in [0.1, 0.15) is 11.4 Å². The third-order valence-corrected chi connectivity index (χ3v) is 4.28. The standard InChI is InChI=1S/C14H14BrN3OS/c1-9-3-4-10(15)7-12(9)19-13-11(8-16-2)18-5-6-20-14(18)17-13/h3-7,16H,8H2,1-2H3. The molecule has 0 aliphatic carbocycles. The van der Waals surface area contributed by atoms with E-state index in [1.807, 2.05) is 43.7 Å². The highest BCUT2D eigenvalue weighted by molar-refractivity contribution is 9.10. The molecule has 1 N–H and O–H groups in total. The summed E-state index contributed by atoms with van der Waals surface area (Å²) in [5.74, 6) is 1.48. The molecule has 0 bridgehead atoms. The number of fused-ring (bicyclic) bond motifs is 1. The lowest BCUT2D eigenvalue weighted by Gasteiger charge is -2.09. The van der Waals surface area contributed by atoms with Gasteiger partial charge in [0.25, 0.3) is 0 Å². The maximum atomic E-state index is 6.02. The van der Waals surface area contributed by atoms with Gasteiger partial charge >= 0.3 is 0 Å². The number of imidazole rings is 1. The Balaban J connectivity index is 2.03. The van der Waals surface area contributed by atoms with E-state index >= 15 is 0 Å². The average molecular weight is 352 g/mol. The van der Waals surface area contributed by atoms with Crippen molar-refractivity contribution in [2.24, 2.45) is 0 Å². The second kappa shape index (κ2) is 5.55. The summed E-state index contributed by atoms with van der Waals surface area (Å²) in [6.45, 7) is 2.73. The van der Waals surface area contributed by atoms with E-state index < -0.39 is 0 Å². The van der Waals surface area contributed by atoms with Gasteiger partial charge in [-0.15, -0.1) is 11.3 Å². The van der Waals surface area contributed by atoms with Crippen LogP contribution in [0, 0.1) is 6.92 Å². The van der Waals surface area contributed by atoms with E-state index in [-0.39, 0.29) is 0 Å². The predicted molar refractivity (Wildman–Crippen MR) is 84.8 cm³/mol. The Morgan fingerprint density at radius 2 is 2.30 bits per heavy atom. The fraction of sp³-hybridized carbons (Fsp3) is 0.214. The Labute approximate surface area is 129 Å². The van der Waals surface area contributed by atoms with E-state index in [1.54, 1.807) is 11.3 Å². The van der Waals surface area contributed by atoms with Gasteiger partial charge in [-0.3, -0.25) is 4.40 Å². The zero-order valence-electron chi connectivity index (χ0n) is 11.2. The molecule has 0 radical (unpaired) electrons. The van der Waals surface area contributed by atoms with Crippen LogP contribution in [0.15, 0.2) is 34.2 Å². The van der Waals surface area contributed by atoms with Gasteiger partial charge in [0.2, 0.25) is 5.88 Å². The summed E-state index contributed by atoms with van der Waals surface area (Å²) in [5, 5.41) is 5.18. The van der Waals surface area contributed by atoms with Gasteiger partial charge in [0, 0.05) is 22.6 Å². The van der Waals surface area contributed by atoms with Crippen LogP contribution >= 0.6 is 27.3 Å². The molecule has 1 aromatic carbocycles. The minimum Gasteiger partial charge on any atom is -0.437 e. The Morgan fingerprint density at radius 1 is 1.45 bits per heavy atom. The lowest BCUT2D eigenvalue weighted by Crippen LogP contribution is -2.08. The first-order valence-corrected chi connectivity index (χ1v) is 7.89. The monoisotopic (exact) mass is 351 g/mol. The second-order valence-electron chi connectivity index (χ2n) is 4.46. The molecule has 3 aromatic rings. The first-order chi connectivity index (χ1) is 9.69. The van der Waals surface area contributed by atoms with Crippen LogP contribution in [0.3, 0.4) is 0 Å². The second-order valence-corrected chi connectivity index (χ2v) is 6.25. The first kappa shape index (κ1) is 13.6. The quantitative estimate of drug-likeness (QED) is 0.772. The minimum absolute atomic E-state index is 0.660. The van der Waals surface area contributed by atoms with Crippen molar-refractivity contribution in [2.45, 2.75) is 13.5 Å². The molecule has 0 fully saturated rings. The number of halogens is 1. The lowest BCUT2D eigenvalue weighted by molar-refractivity contribution is 0.453. The van der Waals surface area contributed by atoms with E-state index in [2.05, 4.69) is 30.6 Å². The number of hydrogen-bond donors (Lipinski definition) is 1. The van der Waals surface area contributed by atoms with Crippen LogP contribution < -0.4 is 10.1 Å². The molecule has 20 heavy (non-hydrogen) atoms. The van der Waals surface area contributed by atoms with Gasteiger partial charge in [0.15, 0.2) is 4.96 Å². The molecule has 6 heteroatoms. The Hall–Kier alpha value is -1.37. The van der Waals surface area contributed by atoms with Gasteiger partial charge < -0.3 is 10.1 Å². The van der Waals surface area contributed by atoms with Crippen molar-refractivity contribution in [3.63, 3.8) is 0 Å². The molecule has 104 valence electrons. The van der Waals surface area contributed by atoms with Crippen LogP contribution in [0.5, 0.6) is 11.6 Å². The normalized spacial score (nSPS) is 11.2. The third-order valence-electron chi connectivity index (χ3n) is 3.03. The van der Waals surface area contributed by atoms with Crippen LogP contribution in [-0.2, 0) is 6.54 Å². The molecule has 0 saturated heterocycles. The molecular weight excluding hydrogens is 338 g/mol. The molecule has 3 rings (SSSR count). The largest absolute Gasteiger partial charge is 0.437 e. The van der Waals surface area contributed by atoms with E-state index in [4.69, 9.17) is 4.74 Å². The van der Waals surface area contributed by atoms with Crippen molar-refractivity contribution in [3.8, 4) is 11.6 Å². The highest BCUT2D eigenvalue weighted by atomic mass is 79.9. The van der Waals surface area contributed by atoms with Crippen LogP contribution in [0.25, 0.3) is 4.96 Å². The molecule has 0 aliphatic rings. The van der Waals surface area contributed by atoms with E-state index in [0.29, 0.717) is 12.4 Å². The number of benzene rings is 1. The van der Waals surface area contributed by atoms with Crippen molar-refractivity contribution in [3.05, 3.63) is 45.5 Å². The summed E-state index contributed by atoms with van der Waals surface area (Å²) in [6, 6.07) is 5.99. The fourth-order valence-corrected chi connectivity index (χ4v) is 3.08. The van der Waals surface area contributed by atoms with Gasteiger partial charge in [-0.2, -0.15) is 4.98 Å². The molecule has 0 saturated carbocycles. The smallest absolute Gasteiger partial charge is 0.243 e. The van der Waals surface area contributed by atoms with Crippen molar-refractivity contribution in [1.29, 1.82) is 0 Å². The minimum atomic E-state index is 0.660.